The predicted octanol–water partition coefficient (Wildman–Crippen LogP) is 5.95. The number of rotatable bonds is 8. The smallest absolute Gasteiger partial charge is 0.320 e. The number of aliphatic carboxylic acids is 1. The number of hydrogen-bond acceptors (Lipinski definition) is 5. The molecule has 7 nitrogen and oxygen atoms in total. The maximum absolute atomic E-state index is 14.4. The number of aromatic nitrogens is 2. The maximum atomic E-state index is 14.4. The molecule has 3 aromatic carbocycles. The number of carbonyl (C=O) groups is 2. The number of hydrogen-bond donors (Lipinski definition) is 3. The molecule has 37 heavy (non-hydrogen) atoms. The number of H-pyrrole nitrogens is 1. The molecule has 7 heteroatoms. The summed E-state index contributed by atoms with van der Waals surface area (Å²) < 4.78 is 0. The molecule has 3 N–H and O–H groups in total. The lowest BCUT2D eigenvalue weighted by Crippen LogP contribution is -2.58. The van der Waals surface area contributed by atoms with Crippen molar-refractivity contribution in [3.05, 3.63) is 78.8 Å². The monoisotopic (exact) mass is 496 g/mol. The first-order valence-corrected chi connectivity index (χ1v) is 12.8. The number of fused-ring (bicyclic) bond motifs is 1. The molecule has 0 spiro atoms. The number of benzene rings is 3. The summed E-state index contributed by atoms with van der Waals surface area (Å²) in [5, 5.41) is 15.0. The molecule has 0 aliphatic heterocycles. The van der Waals surface area contributed by atoms with Gasteiger partial charge in [-0.05, 0) is 59.9 Å². The van der Waals surface area contributed by atoms with Crippen LogP contribution in [-0.4, -0.2) is 45.5 Å². The number of nitrogens with zero attached hydrogens (tertiary/aromatic N) is 2. The van der Waals surface area contributed by atoms with Gasteiger partial charge in [-0.25, -0.2) is 4.98 Å². The first-order chi connectivity index (χ1) is 17.9. The van der Waals surface area contributed by atoms with Crippen LogP contribution in [0.3, 0.4) is 0 Å². The molecule has 1 aliphatic rings. The molecular weight excluding hydrogens is 464 g/mol. The average Bonchev–Trinajstić information content (AvgIpc) is 3.47. The van der Waals surface area contributed by atoms with Gasteiger partial charge in [0, 0.05) is 18.3 Å². The molecule has 1 aromatic heterocycles. The quantitative estimate of drug-likeness (QED) is 0.261. The van der Waals surface area contributed by atoms with Crippen LogP contribution in [0.25, 0.3) is 21.9 Å². The van der Waals surface area contributed by atoms with Crippen LogP contribution in [0.15, 0.2) is 73.2 Å². The Morgan fingerprint density at radius 1 is 1.03 bits per heavy atom. The van der Waals surface area contributed by atoms with Crippen LogP contribution in [0.5, 0.6) is 0 Å². The Labute approximate surface area is 216 Å². The molecular formula is C30H32N4O3. The number of carboxylic acids is 1. The second-order valence-corrected chi connectivity index (χ2v) is 9.93. The summed E-state index contributed by atoms with van der Waals surface area (Å²) in [6.45, 7) is 1.61. The highest BCUT2D eigenvalue weighted by Crippen LogP contribution is 2.39. The van der Waals surface area contributed by atoms with Crippen LogP contribution in [0, 0.1) is 0 Å². The number of carboxylic acid groups (broad SMARTS) is 1. The van der Waals surface area contributed by atoms with Crippen molar-refractivity contribution in [3.8, 4) is 11.1 Å². The molecule has 0 radical (unpaired) electrons. The minimum absolute atomic E-state index is 0.0426. The zero-order valence-corrected chi connectivity index (χ0v) is 21.2. The second kappa shape index (κ2) is 10.2. The van der Waals surface area contributed by atoms with E-state index in [1.807, 2.05) is 48.3 Å². The van der Waals surface area contributed by atoms with Gasteiger partial charge < -0.3 is 15.0 Å². The van der Waals surface area contributed by atoms with Gasteiger partial charge in [-0.2, -0.15) is 0 Å². The third-order valence-corrected chi connectivity index (χ3v) is 7.57. The van der Waals surface area contributed by atoms with E-state index in [2.05, 4.69) is 39.6 Å². The fraction of sp³-hybridized carbons (Fsp3) is 0.300. The fourth-order valence-electron chi connectivity index (χ4n) is 5.52. The number of imidazole rings is 1. The highest BCUT2D eigenvalue weighted by molar-refractivity contribution is 6.11. The number of carbonyl (C=O) groups excluding carboxylic acids is 1. The average molecular weight is 497 g/mol. The van der Waals surface area contributed by atoms with Gasteiger partial charge >= 0.3 is 5.97 Å². The summed E-state index contributed by atoms with van der Waals surface area (Å²) in [5.74, 6) is -0.161. The molecule has 1 unspecified atom stereocenters. The summed E-state index contributed by atoms with van der Waals surface area (Å²) in [6, 6.07) is 19.4. The number of anilines is 2. The third kappa shape index (κ3) is 4.74. The van der Waals surface area contributed by atoms with Gasteiger partial charge in [-0.15, -0.1) is 0 Å². The van der Waals surface area contributed by atoms with E-state index in [-0.39, 0.29) is 5.78 Å². The topological polar surface area (TPSA) is 98.3 Å². The maximum Gasteiger partial charge on any atom is 0.320 e. The van der Waals surface area contributed by atoms with Gasteiger partial charge in [0.1, 0.15) is 11.9 Å². The first kappa shape index (κ1) is 24.7. The summed E-state index contributed by atoms with van der Waals surface area (Å²) in [6.07, 6.45) is 7.44. The van der Waals surface area contributed by atoms with E-state index in [0.29, 0.717) is 18.4 Å². The van der Waals surface area contributed by atoms with E-state index in [4.69, 9.17) is 0 Å². The van der Waals surface area contributed by atoms with Gasteiger partial charge in [0.25, 0.3) is 0 Å². The molecule has 0 bridgehead atoms. The van der Waals surface area contributed by atoms with Crippen molar-refractivity contribution in [3.63, 3.8) is 0 Å². The van der Waals surface area contributed by atoms with Gasteiger partial charge in [-0.1, -0.05) is 61.7 Å². The molecule has 1 atom stereocenters. The van der Waals surface area contributed by atoms with Crippen molar-refractivity contribution < 1.29 is 14.7 Å². The Hall–Kier alpha value is -3.97. The van der Waals surface area contributed by atoms with Crippen LogP contribution in [0.4, 0.5) is 11.5 Å². The van der Waals surface area contributed by atoms with Gasteiger partial charge in [0.05, 0.1) is 18.1 Å². The van der Waals surface area contributed by atoms with Crippen molar-refractivity contribution in [2.45, 2.75) is 50.6 Å². The largest absolute Gasteiger partial charge is 0.480 e. The molecule has 1 saturated carbocycles. The van der Waals surface area contributed by atoms with E-state index >= 15 is 0 Å². The molecule has 1 aliphatic carbocycles. The lowest BCUT2D eigenvalue weighted by molar-refractivity contribution is -0.139. The standard InChI is InChI=1S/C30H32N4O3/c1-20(29(36)37)33-30(15-6-3-7-16-30)28(35)25-14-13-22(34(2)27-18-31-19-32-27)17-26(25)24-12-8-10-21-9-4-5-11-23(21)24/h4-5,8-14,17-20,33H,3,6-7,15-16H2,1-2H3,(H,31,32)(H,36,37). The molecule has 5 rings (SSSR count). The van der Waals surface area contributed by atoms with E-state index < -0.39 is 17.6 Å². The van der Waals surface area contributed by atoms with E-state index in [9.17, 15) is 14.7 Å². The molecule has 0 amide bonds. The zero-order chi connectivity index (χ0) is 26.0. The third-order valence-electron chi connectivity index (χ3n) is 7.57. The van der Waals surface area contributed by atoms with Crippen LogP contribution in [-0.2, 0) is 4.79 Å². The Morgan fingerprint density at radius 2 is 1.78 bits per heavy atom. The minimum Gasteiger partial charge on any atom is -0.480 e. The Balaban J connectivity index is 1.68. The molecule has 0 saturated heterocycles. The summed E-state index contributed by atoms with van der Waals surface area (Å²) in [5.41, 5.74) is 2.41. The number of aromatic amines is 1. The second-order valence-electron chi connectivity index (χ2n) is 9.93. The van der Waals surface area contributed by atoms with E-state index in [1.54, 1.807) is 19.4 Å². The van der Waals surface area contributed by atoms with Crippen LogP contribution in [0.2, 0.25) is 0 Å². The van der Waals surface area contributed by atoms with E-state index in [0.717, 1.165) is 52.7 Å². The van der Waals surface area contributed by atoms with Gasteiger partial charge in [-0.3, -0.25) is 14.9 Å². The minimum atomic E-state index is -0.955. The summed E-state index contributed by atoms with van der Waals surface area (Å²) >= 11 is 0. The number of nitrogens with one attached hydrogen (secondary N) is 2. The number of ketones is 1. The van der Waals surface area contributed by atoms with Crippen molar-refractivity contribution in [1.29, 1.82) is 0 Å². The van der Waals surface area contributed by atoms with Crippen molar-refractivity contribution in [1.82, 2.24) is 15.3 Å². The summed E-state index contributed by atoms with van der Waals surface area (Å²) in [7, 11) is 1.95. The molecule has 4 aromatic rings. The van der Waals surface area contributed by atoms with Crippen molar-refractivity contribution in [2.75, 3.05) is 11.9 Å². The Morgan fingerprint density at radius 3 is 2.51 bits per heavy atom. The Kier molecular flexibility index (Phi) is 6.80. The first-order valence-electron chi connectivity index (χ1n) is 12.8. The number of Topliss-reactive ketones (excluding diaryl/α,β-unsaturated/α-hetero) is 1. The zero-order valence-electron chi connectivity index (χ0n) is 21.2. The van der Waals surface area contributed by atoms with Gasteiger partial charge in [0.15, 0.2) is 5.78 Å². The predicted molar refractivity (Wildman–Crippen MR) is 146 cm³/mol. The van der Waals surface area contributed by atoms with Crippen LogP contribution in [0.1, 0.15) is 49.4 Å². The van der Waals surface area contributed by atoms with Crippen LogP contribution < -0.4 is 10.2 Å². The molecule has 1 fully saturated rings. The van der Waals surface area contributed by atoms with Crippen molar-refractivity contribution >= 4 is 34.0 Å². The SMILES string of the molecule is CC(NC1(C(=O)c2ccc(N(C)c3cnc[nH]3)cc2-c2cccc3ccccc23)CCCCC1)C(=O)O. The molecule has 190 valence electrons. The van der Waals surface area contributed by atoms with Crippen molar-refractivity contribution in [2.24, 2.45) is 0 Å². The van der Waals surface area contributed by atoms with E-state index in [1.165, 1.54) is 0 Å². The lowest BCUT2D eigenvalue weighted by Gasteiger charge is -2.39. The highest BCUT2D eigenvalue weighted by atomic mass is 16.4. The highest BCUT2D eigenvalue weighted by Gasteiger charge is 2.42. The van der Waals surface area contributed by atoms with Gasteiger partial charge in [0.2, 0.25) is 0 Å². The normalized spacial score (nSPS) is 15.8. The molecule has 1 heterocycles. The fourth-order valence-corrected chi connectivity index (χ4v) is 5.52. The van der Waals surface area contributed by atoms with Crippen LogP contribution >= 0.6 is 0 Å². The lowest BCUT2D eigenvalue weighted by atomic mass is 9.74. The Bertz CT molecular complexity index is 1420. The summed E-state index contributed by atoms with van der Waals surface area (Å²) in [4.78, 5) is 35.5.